The number of pyridine rings is 1. The van der Waals surface area contributed by atoms with E-state index >= 15 is 0 Å². The number of carbonyl (C=O) groups is 1. The van der Waals surface area contributed by atoms with Gasteiger partial charge in [-0.1, -0.05) is 30.3 Å². The molecule has 30 heavy (non-hydrogen) atoms. The first-order valence-corrected chi connectivity index (χ1v) is 9.04. The molecular weight excluding hydrogens is 429 g/mol. The van der Waals surface area contributed by atoms with Crippen molar-refractivity contribution in [2.75, 3.05) is 13.1 Å². The lowest BCUT2D eigenvalue weighted by Crippen LogP contribution is -2.38. The van der Waals surface area contributed by atoms with Crippen LogP contribution >= 0.6 is 24.8 Å². The monoisotopic (exact) mass is 453 g/mol. The maximum atomic E-state index is 13.1. The highest BCUT2D eigenvalue weighted by Crippen LogP contribution is 2.12. The summed E-state index contributed by atoms with van der Waals surface area (Å²) >= 11 is 0. The molecule has 8 nitrogen and oxygen atoms in total. The zero-order valence-corrected chi connectivity index (χ0v) is 18.4. The summed E-state index contributed by atoms with van der Waals surface area (Å²) in [5.74, 6) is -0.271. The number of rotatable bonds is 6. The molecule has 3 rings (SSSR count). The number of halogens is 2. The van der Waals surface area contributed by atoms with Gasteiger partial charge in [-0.3, -0.25) is 18.7 Å². The lowest BCUT2D eigenvalue weighted by atomic mass is 10.2. The highest BCUT2D eigenvalue weighted by atomic mass is 35.5. The minimum atomic E-state index is -0.487. The number of carbonyl (C=O) groups excluding carboxylic acids is 1. The molecular formula is C20H25Cl2N5O3. The Balaban J connectivity index is 0.00000225. The van der Waals surface area contributed by atoms with Gasteiger partial charge in [0.15, 0.2) is 0 Å². The fraction of sp³-hybridized carbons (Fsp3) is 0.300. The van der Waals surface area contributed by atoms with Crippen molar-refractivity contribution >= 4 is 41.8 Å². The van der Waals surface area contributed by atoms with Gasteiger partial charge >= 0.3 is 5.69 Å². The van der Waals surface area contributed by atoms with E-state index in [1.54, 1.807) is 11.0 Å². The van der Waals surface area contributed by atoms with Gasteiger partial charge in [0.25, 0.3) is 11.5 Å². The molecule has 10 heteroatoms. The molecule has 1 aromatic carbocycles. The van der Waals surface area contributed by atoms with Crippen LogP contribution in [0.1, 0.15) is 22.5 Å². The van der Waals surface area contributed by atoms with Crippen LogP contribution < -0.4 is 17.0 Å². The van der Waals surface area contributed by atoms with E-state index in [2.05, 4.69) is 4.98 Å². The second-order valence-corrected chi connectivity index (χ2v) is 6.63. The second-order valence-electron chi connectivity index (χ2n) is 6.63. The van der Waals surface area contributed by atoms with Crippen LogP contribution in [-0.2, 0) is 20.6 Å². The van der Waals surface area contributed by atoms with Crippen molar-refractivity contribution in [3.05, 3.63) is 74.6 Å². The van der Waals surface area contributed by atoms with Gasteiger partial charge < -0.3 is 10.6 Å². The number of fused-ring (bicyclic) bond motifs is 1. The summed E-state index contributed by atoms with van der Waals surface area (Å²) in [6.07, 6.45) is 0.658. The zero-order chi connectivity index (χ0) is 20.3. The number of amides is 1. The SMILES string of the molecule is Cl.Cl.Cn1c(=O)c2ccc(C(=O)N(CCCN)Cc3ccccc3)nc2n(C)c1=O. The molecule has 0 atom stereocenters. The van der Waals surface area contributed by atoms with Crippen molar-refractivity contribution in [1.29, 1.82) is 0 Å². The number of aromatic nitrogens is 3. The molecule has 0 saturated carbocycles. The van der Waals surface area contributed by atoms with Gasteiger partial charge in [0.1, 0.15) is 11.3 Å². The van der Waals surface area contributed by atoms with Gasteiger partial charge in [0, 0.05) is 27.2 Å². The van der Waals surface area contributed by atoms with Crippen LogP contribution in [0.3, 0.4) is 0 Å². The van der Waals surface area contributed by atoms with E-state index < -0.39 is 11.2 Å². The van der Waals surface area contributed by atoms with Crippen LogP contribution in [0.15, 0.2) is 52.1 Å². The highest BCUT2D eigenvalue weighted by Gasteiger charge is 2.19. The van der Waals surface area contributed by atoms with E-state index in [-0.39, 0.29) is 47.4 Å². The molecule has 3 aromatic rings. The maximum Gasteiger partial charge on any atom is 0.332 e. The Bertz CT molecular complexity index is 1130. The van der Waals surface area contributed by atoms with E-state index in [0.29, 0.717) is 26.1 Å². The fourth-order valence-electron chi connectivity index (χ4n) is 3.07. The molecule has 2 N–H and O–H groups in total. The van der Waals surface area contributed by atoms with E-state index in [1.807, 2.05) is 30.3 Å². The van der Waals surface area contributed by atoms with Gasteiger partial charge in [-0.2, -0.15) is 0 Å². The van der Waals surface area contributed by atoms with E-state index in [0.717, 1.165) is 10.1 Å². The van der Waals surface area contributed by atoms with Crippen LogP contribution in [0.4, 0.5) is 0 Å². The quantitative estimate of drug-likeness (QED) is 0.608. The average molecular weight is 454 g/mol. The Labute approximate surface area is 186 Å². The van der Waals surface area contributed by atoms with Crippen molar-refractivity contribution < 1.29 is 4.79 Å². The highest BCUT2D eigenvalue weighted by molar-refractivity contribution is 5.94. The predicted molar refractivity (Wildman–Crippen MR) is 122 cm³/mol. The number of aryl methyl sites for hydroxylation is 1. The number of hydrogen-bond acceptors (Lipinski definition) is 5. The molecule has 0 aliphatic carbocycles. The van der Waals surface area contributed by atoms with Crippen LogP contribution in [-0.4, -0.2) is 38.0 Å². The molecule has 0 aliphatic heterocycles. The van der Waals surface area contributed by atoms with Gasteiger partial charge in [-0.25, -0.2) is 9.78 Å². The molecule has 1 amide bonds. The number of benzene rings is 1. The van der Waals surface area contributed by atoms with Gasteiger partial charge in [-0.15, -0.1) is 24.8 Å². The lowest BCUT2D eigenvalue weighted by Gasteiger charge is -2.22. The molecule has 2 aromatic heterocycles. The molecule has 2 heterocycles. The number of nitrogens with zero attached hydrogens (tertiary/aromatic N) is 4. The van der Waals surface area contributed by atoms with Crippen LogP contribution in [0, 0.1) is 0 Å². The molecule has 0 spiro atoms. The van der Waals surface area contributed by atoms with E-state index in [1.165, 1.54) is 24.7 Å². The molecule has 0 aliphatic rings. The maximum absolute atomic E-state index is 13.1. The lowest BCUT2D eigenvalue weighted by molar-refractivity contribution is 0.0736. The Morgan fingerprint density at radius 1 is 1.03 bits per heavy atom. The Morgan fingerprint density at radius 3 is 2.33 bits per heavy atom. The summed E-state index contributed by atoms with van der Waals surface area (Å²) in [6.45, 7) is 1.38. The number of nitrogens with two attached hydrogens (primary N) is 1. The van der Waals surface area contributed by atoms with Crippen molar-refractivity contribution in [1.82, 2.24) is 19.0 Å². The number of hydrogen-bond donors (Lipinski definition) is 1. The summed E-state index contributed by atoms with van der Waals surface area (Å²) in [5.41, 5.74) is 6.07. The Hall–Kier alpha value is -2.68. The van der Waals surface area contributed by atoms with Crippen LogP contribution in [0.2, 0.25) is 0 Å². The fourth-order valence-corrected chi connectivity index (χ4v) is 3.07. The standard InChI is InChI=1S/C20H23N5O3.2ClH/c1-23-17-15(18(26)24(2)20(23)28)9-10-16(22-17)19(27)25(12-6-11-21)13-14-7-4-3-5-8-14;;/h3-5,7-10H,6,11-13,21H2,1-2H3;2*1H. The van der Waals surface area contributed by atoms with Gasteiger partial charge in [-0.05, 0) is 30.7 Å². The van der Waals surface area contributed by atoms with Gasteiger partial charge in [0.2, 0.25) is 0 Å². The molecule has 0 radical (unpaired) electrons. The minimum Gasteiger partial charge on any atom is -0.333 e. The molecule has 0 unspecified atom stereocenters. The minimum absolute atomic E-state index is 0. The normalized spacial score (nSPS) is 10.2. The summed E-state index contributed by atoms with van der Waals surface area (Å²) in [5, 5.41) is 0.290. The van der Waals surface area contributed by atoms with Crippen LogP contribution in [0.25, 0.3) is 11.0 Å². The first kappa shape index (κ1) is 25.4. The molecule has 0 saturated heterocycles. The molecule has 162 valence electrons. The predicted octanol–water partition coefficient (Wildman–Crippen LogP) is 1.47. The van der Waals surface area contributed by atoms with Gasteiger partial charge in [0.05, 0.1) is 5.39 Å². The van der Waals surface area contributed by atoms with E-state index in [4.69, 9.17) is 5.73 Å². The first-order valence-electron chi connectivity index (χ1n) is 9.04. The average Bonchev–Trinajstić information content (AvgIpc) is 2.73. The van der Waals surface area contributed by atoms with Crippen molar-refractivity contribution in [2.24, 2.45) is 19.8 Å². The van der Waals surface area contributed by atoms with Crippen molar-refractivity contribution in [3.63, 3.8) is 0 Å². The third kappa shape index (κ3) is 5.08. The third-order valence-corrected chi connectivity index (χ3v) is 4.66. The Kier molecular flexibility index (Phi) is 9.22. The van der Waals surface area contributed by atoms with Crippen molar-refractivity contribution in [2.45, 2.75) is 13.0 Å². The topological polar surface area (TPSA) is 103 Å². The zero-order valence-electron chi connectivity index (χ0n) is 16.8. The molecule has 0 bridgehead atoms. The third-order valence-electron chi connectivity index (χ3n) is 4.66. The van der Waals surface area contributed by atoms with Crippen LogP contribution in [0.5, 0.6) is 0 Å². The summed E-state index contributed by atoms with van der Waals surface area (Å²) in [6, 6.07) is 12.7. The largest absolute Gasteiger partial charge is 0.333 e. The smallest absolute Gasteiger partial charge is 0.332 e. The van der Waals surface area contributed by atoms with Crippen molar-refractivity contribution in [3.8, 4) is 0 Å². The summed E-state index contributed by atoms with van der Waals surface area (Å²) in [4.78, 5) is 43.6. The second kappa shape index (κ2) is 10.9. The molecule has 0 fully saturated rings. The summed E-state index contributed by atoms with van der Waals surface area (Å²) in [7, 11) is 2.94. The summed E-state index contributed by atoms with van der Waals surface area (Å²) < 4.78 is 2.30. The van der Waals surface area contributed by atoms with E-state index in [9.17, 15) is 14.4 Å². The first-order chi connectivity index (χ1) is 13.4. The Morgan fingerprint density at radius 2 is 1.70 bits per heavy atom.